The average molecular weight is 368 g/mol. The molecule has 0 bridgehead atoms. The Labute approximate surface area is 164 Å². The summed E-state index contributed by atoms with van der Waals surface area (Å²) in [5.41, 5.74) is 4.93. The van der Waals surface area contributed by atoms with Crippen molar-refractivity contribution in [3.05, 3.63) is 64.7 Å². The van der Waals surface area contributed by atoms with Crippen LogP contribution in [0.1, 0.15) is 61.8 Å². The van der Waals surface area contributed by atoms with E-state index in [0.29, 0.717) is 18.9 Å². The van der Waals surface area contributed by atoms with Crippen molar-refractivity contribution < 1.29 is 9.53 Å². The number of carbonyl (C=O) groups excluding carboxylic acids is 1. The van der Waals surface area contributed by atoms with Gasteiger partial charge in [-0.3, -0.25) is 4.79 Å². The number of carbonyl (C=O) groups is 1. The Kier molecular flexibility index (Phi) is 7.90. The highest BCUT2D eigenvalue weighted by molar-refractivity contribution is 5.81. The number of benzene rings is 2. The van der Waals surface area contributed by atoms with E-state index in [4.69, 9.17) is 4.74 Å². The molecule has 1 atom stereocenters. The predicted octanol–water partition coefficient (Wildman–Crippen LogP) is 5.33. The van der Waals surface area contributed by atoms with Gasteiger partial charge in [-0.05, 0) is 61.8 Å². The van der Waals surface area contributed by atoms with Gasteiger partial charge in [-0.25, -0.2) is 0 Å². The Hall–Kier alpha value is -2.29. The van der Waals surface area contributed by atoms with Crippen molar-refractivity contribution in [3.63, 3.8) is 0 Å². The molecule has 1 N–H and O–H groups in total. The fourth-order valence-corrected chi connectivity index (χ4v) is 3.09. The molecular formula is C24H33NO2. The largest absolute Gasteiger partial charge is 0.480 e. The fraction of sp³-hybridized carbons (Fsp3) is 0.458. The van der Waals surface area contributed by atoms with Crippen LogP contribution >= 0.6 is 0 Å². The zero-order valence-electron chi connectivity index (χ0n) is 17.3. The molecule has 27 heavy (non-hydrogen) atoms. The van der Waals surface area contributed by atoms with Crippen LogP contribution in [0.25, 0.3) is 0 Å². The molecule has 0 saturated carbocycles. The van der Waals surface area contributed by atoms with Gasteiger partial charge in [-0.15, -0.1) is 0 Å². The standard InChI is InChI=1S/C24H33NO2/c1-6-22(27-23-14-9-18(4)16-19(23)5)24(26)25-15-7-8-20-10-12-21(13-11-20)17(2)3/h9-14,16-17,22H,6-8,15H2,1-5H3,(H,25,26)/t22-/m1/s1. The van der Waals surface area contributed by atoms with Crippen LogP contribution in [0.5, 0.6) is 5.75 Å². The number of aryl methyl sites for hydroxylation is 3. The molecule has 2 aromatic carbocycles. The third-order valence-corrected chi connectivity index (χ3v) is 4.85. The fourth-order valence-electron chi connectivity index (χ4n) is 3.09. The summed E-state index contributed by atoms with van der Waals surface area (Å²) in [4.78, 5) is 12.5. The quantitative estimate of drug-likeness (QED) is 0.608. The molecule has 3 nitrogen and oxygen atoms in total. The lowest BCUT2D eigenvalue weighted by Crippen LogP contribution is -2.38. The van der Waals surface area contributed by atoms with Crippen LogP contribution in [-0.2, 0) is 11.2 Å². The van der Waals surface area contributed by atoms with Crippen molar-refractivity contribution in [2.45, 2.75) is 65.9 Å². The Morgan fingerprint density at radius 2 is 1.78 bits per heavy atom. The highest BCUT2D eigenvalue weighted by Gasteiger charge is 2.18. The Bertz CT molecular complexity index is 735. The molecule has 0 aromatic heterocycles. The maximum Gasteiger partial charge on any atom is 0.261 e. The highest BCUT2D eigenvalue weighted by Crippen LogP contribution is 2.21. The highest BCUT2D eigenvalue weighted by atomic mass is 16.5. The average Bonchev–Trinajstić information content (AvgIpc) is 2.65. The Morgan fingerprint density at radius 1 is 1.07 bits per heavy atom. The summed E-state index contributed by atoms with van der Waals surface area (Å²) in [6, 6.07) is 14.8. The molecule has 0 radical (unpaired) electrons. The first kappa shape index (κ1) is 21.0. The molecule has 0 saturated heterocycles. The zero-order valence-corrected chi connectivity index (χ0v) is 17.3. The van der Waals surface area contributed by atoms with E-state index in [1.807, 2.05) is 26.0 Å². The number of hydrogen-bond acceptors (Lipinski definition) is 2. The van der Waals surface area contributed by atoms with Crippen molar-refractivity contribution in [3.8, 4) is 5.75 Å². The van der Waals surface area contributed by atoms with E-state index in [1.165, 1.54) is 16.7 Å². The summed E-state index contributed by atoms with van der Waals surface area (Å²) in [7, 11) is 0. The van der Waals surface area contributed by atoms with E-state index in [9.17, 15) is 4.79 Å². The van der Waals surface area contributed by atoms with Crippen molar-refractivity contribution in [2.24, 2.45) is 0 Å². The number of ether oxygens (including phenoxy) is 1. The minimum atomic E-state index is -0.447. The monoisotopic (exact) mass is 367 g/mol. The first-order chi connectivity index (χ1) is 12.9. The molecule has 146 valence electrons. The Morgan fingerprint density at radius 3 is 2.37 bits per heavy atom. The van der Waals surface area contributed by atoms with Crippen LogP contribution in [0, 0.1) is 13.8 Å². The van der Waals surface area contributed by atoms with Crippen molar-refractivity contribution in [2.75, 3.05) is 6.54 Å². The van der Waals surface area contributed by atoms with Gasteiger partial charge in [0.1, 0.15) is 5.75 Å². The number of rotatable bonds is 9. The Balaban J connectivity index is 1.79. The molecule has 0 spiro atoms. The first-order valence-electron chi connectivity index (χ1n) is 10.0. The van der Waals surface area contributed by atoms with Gasteiger partial charge in [0.15, 0.2) is 6.10 Å². The first-order valence-corrected chi connectivity index (χ1v) is 10.0. The van der Waals surface area contributed by atoms with Gasteiger partial charge >= 0.3 is 0 Å². The summed E-state index contributed by atoms with van der Waals surface area (Å²) in [6.45, 7) is 11.1. The minimum absolute atomic E-state index is 0.0346. The van der Waals surface area contributed by atoms with Crippen LogP contribution in [-0.4, -0.2) is 18.6 Å². The predicted molar refractivity (Wildman–Crippen MR) is 112 cm³/mol. The smallest absolute Gasteiger partial charge is 0.261 e. The molecule has 3 heteroatoms. The van der Waals surface area contributed by atoms with Crippen molar-refractivity contribution in [1.82, 2.24) is 5.32 Å². The molecule has 0 aliphatic carbocycles. The molecular weight excluding hydrogens is 334 g/mol. The summed E-state index contributed by atoms with van der Waals surface area (Å²) in [5, 5.41) is 3.02. The van der Waals surface area contributed by atoms with Crippen molar-refractivity contribution in [1.29, 1.82) is 0 Å². The zero-order chi connectivity index (χ0) is 19.8. The summed E-state index contributed by atoms with van der Waals surface area (Å²) >= 11 is 0. The number of amides is 1. The normalized spacial score (nSPS) is 12.1. The summed E-state index contributed by atoms with van der Waals surface area (Å²) < 4.78 is 5.95. The molecule has 0 unspecified atom stereocenters. The molecule has 0 heterocycles. The molecule has 0 aliphatic heterocycles. The second kappa shape index (κ2) is 10.1. The second-order valence-corrected chi connectivity index (χ2v) is 7.57. The van der Waals surface area contributed by atoms with Gasteiger partial charge in [0, 0.05) is 6.54 Å². The number of hydrogen-bond donors (Lipinski definition) is 1. The number of nitrogens with one attached hydrogen (secondary N) is 1. The van der Waals surface area contributed by atoms with E-state index in [-0.39, 0.29) is 5.91 Å². The second-order valence-electron chi connectivity index (χ2n) is 7.57. The van der Waals surface area contributed by atoms with E-state index < -0.39 is 6.10 Å². The van der Waals surface area contributed by atoms with Gasteiger partial charge in [-0.1, -0.05) is 62.7 Å². The van der Waals surface area contributed by atoms with Gasteiger partial charge < -0.3 is 10.1 Å². The lowest BCUT2D eigenvalue weighted by atomic mass is 10.0. The van der Waals surface area contributed by atoms with E-state index in [1.54, 1.807) is 0 Å². The van der Waals surface area contributed by atoms with Crippen LogP contribution in [0.3, 0.4) is 0 Å². The van der Waals surface area contributed by atoms with E-state index in [0.717, 1.165) is 24.2 Å². The van der Waals surface area contributed by atoms with E-state index >= 15 is 0 Å². The van der Waals surface area contributed by atoms with Gasteiger partial charge in [0.05, 0.1) is 0 Å². The molecule has 2 rings (SSSR count). The SMILES string of the molecule is CC[C@@H](Oc1ccc(C)cc1C)C(=O)NCCCc1ccc(C(C)C)cc1. The van der Waals surface area contributed by atoms with Gasteiger partial charge in [0.25, 0.3) is 5.91 Å². The molecule has 0 fully saturated rings. The van der Waals surface area contributed by atoms with Crippen LogP contribution in [0.2, 0.25) is 0 Å². The van der Waals surface area contributed by atoms with Crippen LogP contribution < -0.4 is 10.1 Å². The maximum atomic E-state index is 12.5. The minimum Gasteiger partial charge on any atom is -0.480 e. The molecule has 1 amide bonds. The van der Waals surface area contributed by atoms with Crippen molar-refractivity contribution >= 4 is 5.91 Å². The molecule has 2 aromatic rings. The summed E-state index contributed by atoms with van der Waals surface area (Å²) in [5.74, 6) is 1.31. The topological polar surface area (TPSA) is 38.3 Å². The van der Waals surface area contributed by atoms with Crippen LogP contribution in [0.15, 0.2) is 42.5 Å². The van der Waals surface area contributed by atoms with E-state index in [2.05, 4.69) is 56.4 Å². The third kappa shape index (κ3) is 6.42. The van der Waals surface area contributed by atoms with Crippen LogP contribution in [0.4, 0.5) is 0 Å². The third-order valence-electron chi connectivity index (χ3n) is 4.85. The lowest BCUT2D eigenvalue weighted by Gasteiger charge is -2.19. The summed E-state index contributed by atoms with van der Waals surface area (Å²) in [6.07, 6.45) is 2.09. The molecule has 0 aliphatic rings. The maximum absolute atomic E-state index is 12.5. The lowest BCUT2D eigenvalue weighted by molar-refractivity contribution is -0.128. The van der Waals surface area contributed by atoms with Gasteiger partial charge in [0.2, 0.25) is 0 Å². The van der Waals surface area contributed by atoms with Gasteiger partial charge in [-0.2, -0.15) is 0 Å².